The van der Waals surface area contributed by atoms with Crippen LogP contribution in [0.5, 0.6) is 0 Å². The normalized spacial score (nSPS) is 11.8. The van der Waals surface area contributed by atoms with Crippen LogP contribution in [0.3, 0.4) is 0 Å². The third-order valence-electron chi connectivity index (χ3n) is 10.4. The standard InChI is InChI=1S/C48H30N2S2/c1-2-13-32(14-3-1)49(44-22-12-19-39-37-17-6-10-23-45(37)52-48(39)44)33-27-25-31(26-28-33)40-29-34(30-41-38-18-7-11-24-46(38)51-47(40)41)50-42-20-8-4-15-35(42)36-16-5-9-21-43(36)50/h1-30H. The number of thiophene rings is 2. The van der Waals surface area contributed by atoms with Gasteiger partial charge in [0.1, 0.15) is 0 Å². The van der Waals surface area contributed by atoms with Crippen molar-refractivity contribution < 1.29 is 0 Å². The first-order valence-corrected chi connectivity index (χ1v) is 19.2. The third kappa shape index (κ3) is 4.48. The molecule has 3 heterocycles. The summed E-state index contributed by atoms with van der Waals surface area (Å²) in [7, 11) is 0. The SMILES string of the molecule is c1ccc(N(c2ccc(-c3cc(-n4c5ccccc5c5ccccc54)cc4c3sc3ccccc34)cc2)c2cccc3c2sc2ccccc23)cc1. The van der Waals surface area contributed by atoms with Gasteiger partial charge in [-0.15, -0.1) is 22.7 Å². The molecule has 0 unspecified atom stereocenters. The van der Waals surface area contributed by atoms with E-state index in [1.54, 1.807) is 0 Å². The summed E-state index contributed by atoms with van der Waals surface area (Å²) in [4.78, 5) is 2.41. The number of nitrogens with zero attached hydrogens (tertiary/aromatic N) is 2. The fraction of sp³-hybridized carbons (Fsp3) is 0. The number of hydrogen-bond acceptors (Lipinski definition) is 3. The second kappa shape index (κ2) is 11.7. The summed E-state index contributed by atoms with van der Waals surface area (Å²) in [6.07, 6.45) is 0. The van der Waals surface area contributed by atoms with Crippen molar-refractivity contribution in [3.8, 4) is 16.8 Å². The van der Waals surface area contributed by atoms with Gasteiger partial charge in [-0.25, -0.2) is 0 Å². The Balaban J connectivity index is 1.12. The minimum absolute atomic E-state index is 1.13. The summed E-state index contributed by atoms with van der Waals surface area (Å²) >= 11 is 3.75. The molecular weight excluding hydrogens is 669 g/mol. The van der Waals surface area contributed by atoms with Crippen molar-refractivity contribution in [2.45, 2.75) is 0 Å². The van der Waals surface area contributed by atoms with Crippen LogP contribution in [0.15, 0.2) is 182 Å². The molecule has 0 radical (unpaired) electrons. The summed E-state index contributed by atoms with van der Waals surface area (Å²) in [5.41, 5.74) is 9.53. The van der Waals surface area contributed by atoms with Gasteiger partial charge in [0.25, 0.3) is 0 Å². The molecule has 0 saturated carbocycles. The van der Waals surface area contributed by atoms with Gasteiger partial charge in [-0.3, -0.25) is 0 Å². The molecule has 0 spiro atoms. The molecular formula is C48H30N2S2. The van der Waals surface area contributed by atoms with Gasteiger partial charge in [0, 0.05) is 69.0 Å². The first-order chi connectivity index (χ1) is 25.8. The van der Waals surface area contributed by atoms with E-state index in [0.717, 1.165) is 11.4 Å². The van der Waals surface area contributed by atoms with Crippen LogP contribution in [0.1, 0.15) is 0 Å². The van der Waals surface area contributed by atoms with Gasteiger partial charge in [0.15, 0.2) is 0 Å². The van der Waals surface area contributed by atoms with E-state index in [1.807, 2.05) is 22.7 Å². The van der Waals surface area contributed by atoms with Gasteiger partial charge in [0.2, 0.25) is 0 Å². The lowest BCUT2D eigenvalue weighted by atomic mass is 10.0. The summed E-state index contributed by atoms with van der Waals surface area (Å²) in [5, 5.41) is 7.74. The van der Waals surface area contributed by atoms with Crippen molar-refractivity contribution in [2.24, 2.45) is 0 Å². The first kappa shape index (κ1) is 29.5. The minimum Gasteiger partial charge on any atom is -0.309 e. The van der Waals surface area contributed by atoms with Crippen LogP contribution in [0.2, 0.25) is 0 Å². The van der Waals surface area contributed by atoms with Crippen molar-refractivity contribution in [2.75, 3.05) is 4.90 Å². The smallest absolute Gasteiger partial charge is 0.0640 e. The topological polar surface area (TPSA) is 8.17 Å². The predicted octanol–water partition coefficient (Wildman–Crippen LogP) is 14.7. The molecule has 244 valence electrons. The Hall–Kier alpha value is -6.20. The van der Waals surface area contributed by atoms with Gasteiger partial charge < -0.3 is 9.47 Å². The van der Waals surface area contributed by atoms with Crippen molar-refractivity contribution in [3.05, 3.63) is 182 Å². The fourth-order valence-corrected chi connectivity index (χ4v) is 10.5. The van der Waals surface area contributed by atoms with E-state index in [-0.39, 0.29) is 0 Å². The van der Waals surface area contributed by atoms with Crippen LogP contribution in [0.4, 0.5) is 17.1 Å². The molecule has 0 aliphatic rings. The largest absolute Gasteiger partial charge is 0.309 e. The molecule has 0 atom stereocenters. The number of anilines is 3. The number of rotatable bonds is 5. The lowest BCUT2D eigenvalue weighted by Gasteiger charge is -2.26. The molecule has 0 amide bonds. The van der Waals surface area contributed by atoms with E-state index in [9.17, 15) is 0 Å². The number of fused-ring (bicyclic) bond motifs is 9. The van der Waals surface area contributed by atoms with Crippen LogP contribution >= 0.6 is 22.7 Å². The van der Waals surface area contributed by atoms with Gasteiger partial charge >= 0.3 is 0 Å². The molecule has 0 aliphatic carbocycles. The fourth-order valence-electron chi connectivity index (χ4n) is 8.06. The maximum Gasteiger partial charge on any atom is 0.0640 e. The van der Waals surface area contributed by atoms with Crippen molar-refractivity contribution in [3.63, 3.8) is 0 Å². The van der Waals surface area contributed by atoms with Crippen molar-refractivity contribution in [1.29, 1.82) is 0 Å². The highest BCUT2D eigenvalue weighted by molar-refractivity contribution is 7.26. The lowest BCUT2D eigenvalue weighted by molar-refractivity contribution is 1.19. The molecule has 3 aromatic heterocycles. The Bertz CT molecular complexity index is 3080. The van der Waals surface area contributed by atoms with Crippen LogP contribution < -0.4 is 4.90 Å². The Kier molecular flexibility index (Phi) is 6.63. The van der Waals surface area contributed by atoms with Gasteiger partial charge in [-0.2, -0.15) is 0 Å². The highest BCUT2D eigenvalue weighted by atomic mass is 32.1. The van der Waals surface area contributed by atoms with Crippen LogP contribution in [-0.4, -0.2) is 4.57 Å². The Labute approximate surface area is 308 Å². The Morgan fingerprint density at radius 3 is 1.62 bits per heavy atom. The molecule has 4 heteroatoms. The quantitative estimate of drug-likeness (QED) is 0.174. The minimum atomic E-state index is 1.13. The van der Waals surface area contributed by atoms with Crippen molar-refractivity contribution in [1.82, 2.24) is 4.57 Å². The van der Waals surface area contributed by atoms with Gasteiger partial charge in [-0.1, -0.05) is 115 Å². The van der Waals surface area contributed by atoms with Gasteiger partial charge in [-0.05, 0) is 72.3 Å². The average molecular weight is 699 g/mol. The molecule has 0 N–H and O–H groups in total. The van der Waals surface area contributed by atoms with Crippen LogP contribution in [0, 0.1) is 0 Å². The van der Waals surface area contributed by atoms with E-state index in [1.165, 1.54) is 84.7 Å². The maximum atomic E-state index is 2.44. The molecule has 11 rings (SSSR count). The Morgan fingerprint density at radius 2 is 0.923 bits per heavy atom. The zero-order chi connectivity index (χ0) is 34.2. The third-order valence-corrected chi connectivity index (χ3v) is 12.8. The summed E-state index contributed by atoms with van der Waals surface area (Å²) in [5.74, 6) is 0. The zero-order valence-electron chi connectivity index (χ0n) is 28.0. The highest BCUT2D eigenvalue weighted by Gasteiger charge is 2.20. The molecule has 0 aliphatic heterocycles. The van der Waals surface area contributed by atoms with E-state index >= 15 is 0 Å². The molecule has 0 fully saturated rings. The van der Waals surface area contributed by atoms with Crippen LogP contribution in [0.25, 0.3) is 79.0 Å². The van der Waals surface area contributed by atoms with Gasteiger partial charge in [0.05, 0.1) is 21.4 Å². The number of hydrogen-bond donors (Lipinski definition) is 0. The van der Waals surface area contributed by atoms with Crippen molar-refractivity contribution >= 4 is 102 Å². The van der Waals surface area contributed by atoms with E-state index in [2.05, 4.69) is 191 Å². The van der Waals surface area contributed by atoms with E-state index < -0.39 is 0 Å². The summed E-state index contributed by atoms with van der Waals surface area (Å²) < 4.78 is 7.66. The second-order valence-electron chi connectivity index (χ2n) is 13.3. The molecule has 0 bridgehead atoms. The predicted molar refractivity (Wildman–Crippen MR) is 227 cm³/mol. The number of benzene rings is 8. The molecule has 0 saturated heterocycles. The zero-order valence-corrected chi connectivity index (χ0v) is 29.7. The molecule has 8 aromatic carbocycles. The second-order valence-corrected chi connectivity index (χ2v) is 15.4. The number of para-hydroxylation sites is 3. The van der Waals surface area contributed by atoms with E-state index in [0.29, 0.717) is 0 Å². The average Bonchev–Trinajstić information content (AvgIpc) is 3.89. The van der Waals surface area contributed by atoms with E-state index in [4.69, 9.17) is 0 Å². The summed E-state index contributed by atoms with van der Waals surface area (Å²) in [6.45, 7) is 0. The first-order valence-electron chi connectivity index (χ1n) is 17.6. The molecule has 52 heavy (non-hydrogen) atoms. The van der Waals surface area contributed by atoms with Crippen LogP contribution in [-0.2, 0) is 0 Å². The molecule has 11 aromatic rings. The maximum absolute atomic E-state index is 2.44. The number of aromatic nitrogens is 1. The monoisotopic (exact) mass is 698 g/mol. The molecule has 2 nitrogen and oxygen atoms in total. The summed E-state index contributed by atoms with van der Waals surface area (Å²) in [6, 6.07) is 66.6. The lowest BCUT2D eigenvalue weighted by Crippen LogP contribution is -2.09. The Morgan fingerprint density at radius 1 is 0.385 bits per heavy atom. The highest BCUT2D eigenvalue weighted by Crippen LogP contribution is 2.46.